The van der Waals surface area contributed by atoms with Gasteiger partial charge in [-0.2, -0.15) is 0 Å². The van der Waals surface area contributed by atoms with E-state index >= 15 is 0 Å². The molecule has 0 saturated carbocycles. The molecule has 1 aliphatic rings. The molecule has 0 atom stereocenters. The summed E-state index contributed by atoms with van der Waals surface area (Å²) in [7, 11) is 0. The zero-order valence-electron chi connectivity index (χ0n) is 11.0. The van der Waals surface area contributed by atoms with Gasteiger partial charge in [-0.3, -0.25) is 9.69 Å². The van der Waals surface area contributed by atoms with E-state index in [-0.39, 0.29) is 5.91 Å². The summed E-state index contributed by atoms with van der Waals surface area (Å²) in [5.41, 5.74) is 1.92. The predicted molar refractivity (Wildman–Crippen MR) is 93.2 cm³/mol. The van der Waals surface area contributed by atoms with Crippen molar-refractivity contribution in [3.63, 3.8) is 0 Å². The normalized spacial score (nSPS) is 17.0. The van der Waals surface area contributed by atoms with E-state index < -0.39 is 0 Å². The summed E-state index contributed by atoms with van der Waals surface area (Å²) in [4.78, 5) is 14.6. The number of carbonyl (C=O) groups excluding carboxylic acids is 1. The van der Waals surface area contributed by atoms with Crippen LogP contribution in [-0.2, 0) is 4.79 Å². The summed E-state index contributed by atoms with van der Waals surface area (Å²) in [6, 6.07) is 11.3. The number of hydrogen-bond acceptors (Lipinski definition) is 4. The van der Waals surface area contributed by atoms with E-state index in [1.54, 1.807) is 23.1 Å². The van der Waals surface area contributed by atoms with Gasteiger partial charge in [0.05, 0.1) is 10.6 Å². The molecular weight excluding hydrogens is 370 g/mol. The first-order valence-corrected chi connectivity index (χ1v) is 8.16. The van der Waals surface area contributed by atoms with Crippen LogP contribution in [0.3, 0.4) is 0 Å². The SMILES string of the molecule is Cc1ccc(N2C(=O)C(=Cc3ccc(Br)o3)SC2=S)cc1. The molecule has 3 nitrogen and oxygen atoms in total. The lowest BCUT2D eigenvalue weighted by Gasteiger charge is -2.14. The molecule has 2 aromatic rings. The van der Waals surface area contributed by atoms with Crippen LogP contribution in [0, 0.1) is 6.92 Å². The zero-order valence-corrected chi connectivity index (χ0v) is 14.2. The van der Waals surface area contributed by atoms with Gasteiger partial charge >= 0.3 is 0 Å². The van der Waals surface area contributed by atoms with Crippen molar-refractivity contribution in [2.45, 2.75) is 6.92 Å². The molecule has 3 rings (SSSR count). The molecule has 1 aliphatic heterocycles. The highest BCUT2D eigenvalue weighted by molar-refractivity contribution is 9.10. The van der Waals surface area contributed by atoms with Crippen molar-refractivity contribution in [2.75, 3.05) is 4.90 Å². The first-order valence-electron chi connectivity index (χ1n) is 6.14. The van der Waals surface area contributed by atoms with Gasteiger partial charge < -0.3 is 4.42 Å². The van der Waals surface area contributed by atoms with E-state index in [2.05, 4.69) is 15.9 Å². The summed E-state index contributed by atoms with van der Waals surface area (Å²) in [6.45, 7) is 2.00. The number of thiocarbonyl (C=S) groups is 1. The minimum atomic E-state index is -0.124. The smallest absolute Gasteiger partial charge is 0.270 e. The fourth-order valence-corrected chi connectivity index (χ4v) is 3.52. The molecule has 1 saturated heterocycles. The Hall–Kier alpha value is -1.37. The van der Waals surface area contributed by atoms with E-state index in [1.165, 1.54) is 11.8 Å². The second-order valence-corrected chi connectivity index (χ2v) is 6.95. The van der Waals surface area contributed by atoms with Gasteiger partial charge in [0, 0.05) is 6.08 Å². The molecule has 1 fully saturated rings. The van der Waals surface area contributed by atoms with E-state index in [4.69, 9.17) is 16.6 Å². The molecule has 0 N–H and O–H groups in total. The standard InChI is InChI=1S/C15H10BrNO2S2/c1-9-2-4-10(5-3-9)17-14(18)12(21-15(17)20)8-11-6-7-13(16)19-11/h2-8H,1H3. The molecular formula is C15H10BrNO2S2. The molecule has 21 heavy (non-hydrogen) atoms. The van der Waals surface area contributed by atoms with Gasteiger partial charge in [-0.1, -0.05) is 41.7 Å². The number of aryl methyl sites for hydroxylation is 1. The highest BCUT2D eigenvalue weighted by Gasteiger charge is 2.33. The van der Waals surface area contributed by atoms with Gasteiger partial charge in [0.15, 0.2) is 8.99 Å². The van der Waals surface area contributed by atoms with Crippen LogP contribution >= 0.6 is 39.9 Å². The van der Waals surface area contributed by atoms with Crippen LogP contribution in [0.4, 0.5) is 5.69 Å². The third-order valence-corrected chi connectivity index (χ3v) is 4.68. The summed E-state index contributed by atoms with van der Waals surface area (Å²) in [5.74, 6) is 0.493. The Morgan fingerprint density at radius 1 is 1.24 bits per heavy atom. The highest BCUT2D eigenvalue weighted by atomic mass is 79.9. The van der Waals surface area contributed by atoms with Crippen molar-refractivity contribution in [2.24, 2.45) is 0 Å². The van der Waals surface area contributed by atoms with Crippen LogP contribution in [0.5, 0.6) is 0 Å². The lowest BCUT2D eigenvalue weighted by Crippen LogP contribution is -2.27. The first-order chi connectivity index (χ1) is 10.0. The maximum absolute atomic E-state index is 12.5. The number of carbonyl (C=O) groups is 1. The fraction of sp³-hybridized carbons (Fsp3) is 0.0667. The lowest BCUT2D eigenvalue weighted by atomic mass is 10.2. The quantitative estimate of drug-likeness (QED) is 0.556. The summed E-state index contributed by atoms with van der Waals surface area (Å²) in [6.07, 6.45) is 1.71. The number of benzene rings is 1. The Labute approximate surface area is 140 Å². The number of nitrogens with zero attached hydrogens (tertiary/aromatic N) is 1. The minimum Gasteiger partial charge on any atom is -0.450 e. The van der Waals surface area contributed by atoms with E-state index in [1.807, 2.05) is 31.2 Å². The second kappa shape index (κ2) is 5.79. The third kappa shape index (κ3) is 2.97. The fourth-order valence-electron chi connectivity index (χ4n) is 1.92. The van der Waals surface area contributed by atoms with E-state index in [0.29, 0.717) is 19.7 Å². The molecule has 106 valence electrons. The summed E-state index contributed by atoms with van der Waals surface area (Å²) < 4.78 is 6.55. The van der Waals surface area contributed by atoms with E-state index in [9.17, 15) is 4.79 Å². The predicted octanol–water partition coefficient (Wildman–Crippen LogP) is 4.76. The average Bonchev–Trinajstić information content (AvgIpc) is 2.96. The summed E-state index contributed by atoms with van der Waals surface area (Å²) >= 11 is 9.84. The van der Waals surface area contributed by atoms with Crippen molar-refractivity contribution in [1.82, 2.24) is 0 Å². The molecule has 0 aliphatic carbocycles. The number of thioether (sulfide) groups is 1. The van der Waals surface area contributed by atoms with Crippen molar-refractivity contribution in [3.8, 4) is 0 Å². The monoisotopic (exact) mass is 379 g/mol. The van der Waals surface area contributed by atoms with Gasteiger partial charge in [0.25, 0.3) is 5.91 Å². The Morgan fingerprint density at radius 3 is 2.57 bits per heavy atom. The summed E-state index contributed by atoms with van der Waals surface area (Å²) in [5, 5.41) is 0. The maximum atomic E-state index is 12.5. The van der Waals surface area contributed by atoms with Crippen LogP contribution in [0.2, 0.25) is 0 Å². The molecule has 6 heteroatoms. The van der Waals surface area contributed by atoms with Crippen molar-refractivity contribution in [3.05, 3.63) is 57.3 Å². The van der Waals surface area contributed by atoms with Gasteiger partial charge in [0.1, 0.15) is 5.76 Å². The Kier molecular flexibility index (Phi) is 4.01. The van der Waals surface area contributed by atoms with Gasteiger partial charge in [-0.05, 0) is 47.1 Å². The number of rotatable bonds is 2. The van der Waals surface area contributed by atoms with Gasteiger partial charge in [-0.25, -0.2) is 0 Å². The number of hydrogen-bond donors (Lipinski definition) is 0. The van der Waals surface area contributed by atoms with E-state index in [0.717, 1.165) is 11.3 Å². The Balaban J connectivity index is 1.92. The number of anilines is 1. The molecule has 2 heterocycles. The maximum Gasteiger partial charge on any atom is 0.270 e. The second-order valence-electron chi connectivity index (χ2n) is 4.49. The number of amides is 1. The molecule has 0 bridgehead atoms. The molecule has 1 aromatic carbocycles. The Morgan fingerprint density at radius 2 is 1.95 bits per heavy atom. The molecule has 1 aromatic heterocycles. The average molecular weight is 380 g/mol. The van der Waals surface area contributed by atoms with Crippen LogP contribution in [0.25, 0.3) is 6.08 Å². The molecule has 0 unspecified atom stereocenters. The highest BCUT2D eigenvalue weighted by Crippen LogP contribution is 2.36. The first kappa shape index (κ1) is 14.6. The van der Waals surface area contributed by atoms with Crippen LogP contribution in [0.1, 0.15) is 11.3 Å². The number of halogens is 1. The lowest BCUT2D eigenvalue weighted by molar-refractivity contribution is -0.113. The molecule has 0 spiro atoms. The molecule has 0 radical (unpaired) electrons. The Bertz CT molecular complexity index is 749. The third-order valence-electron chi connectivity index (χ3n) is 2.95. The van der Waals surface area contributed by atoms with Gasteiger partial charge in [-0.15, -0.1) is 0 Å². The van der Waals surface area contributed by atoms with Crippen LogP contribution in [0.15, 0.2) is 50.4 Å². The van der Waals surface area contributed by atoms with Crippen molar-refractivity contribution in [1.29, 1.82) is 0 Å². The topological polar surface area (TPSA) is 33.5 Å². The largest absolute Gasteiger partial charge is 0.450 e. The van der Waals surface area contributed by atoms with Crippen LogP contribution in [-0.4, -0.2) is 10.2 Å². The van der Waals surface area contributed by atoms with Crippen molar-refractivity contribution >= 4 is 61.9 Å². The van der Waals surface area contributed by atoms with Gasteiger partial charge in [0.2, 0.25) is 0 Å². The number of furan rings is 1. The van der Waals surface area contributed by atoms with Crippen molar-refractivity contribution < 1.29 is 9.21 Å². The minimum absolute atomic E-state index is 0.124. The van der Waals surface area contributed by atoms with Crippen LogP contribution < -0.4 is 4.90 Å². The molecule has 1 amide bonds. The zero-order chi connectivity index (χ0) is 15.0.